The van der Waals surface area contributed by atoms with E-state index in [-0.39, 0.29) is 34.8 Å². The van der Waals surface area contributed by atoms with Crippen LogP contribution in [0.15, 0.2) is 23.1 Å². The molecule has 2 rings (SSSR count). The summed E-state index contributed by atoms with van der Waals surface area (Å²) in [7, 11) is -0.786. The van der Waals surface area contributed by atoms with Gasteiger partial charge >= 0.3 is 0 Å². The average Bonchev–Trinajstić information content (AvgIpc) is 2.85. The second kappa shape index (κ2) is 6.62. The third kappa shape index (κ3) is 3.01. The molecule has 1 aliphatic rings. The van der Waals surface area contributed by atoms with Gasteiger partial charge in [0.2, 0.25) is 0 Å². The van der Waals surface area contributed by atoms with Crippen LogP contribution in [0.25, 0.3) is 0 Å². The predicted molar refractivity (Wildman–Crippen MR) is 78.1 cm³/mol. The Balaban J connectivity index is 0.00000200. The topological polar surface area (TPSA) is 81.9 Å². The minimum Gasteiger partial charge on any atom is -0.495 e. The van der Waals surface area contributed by atoms with Crippen molar-refractivity contribution in [1.29, 1.82) is 0 Å². The van der Waals surface area contributed by atoms with Crippen molar-refractivity contribution in [3.05, 3.63) is 18.2 Å². The lowest BCUT2D eigenvalue weighted by molar-refractivity contribution is 0.368. The number of rotatable bonds is 4. The third-order valence-corrected chi connectivity index (χ3v) is 5.10. The molecule has 0 aliphatic carbocycles. The maximum atomic E-state index is 12.6. The zero-order chi connectivity index (χ0) is 14.0. The zero-order valence-electron chi connectivity index (χ0n) is 11.4. The monoisotopic (exact) mass is 322 g/mol. The number of nitrogens with zero attached hydrogens (tertiary/aromatic N) is 1. The highest BCUT2D eigenvalue weighted by Crippen LogP contribution is 2.35. The number of nitrogens with two attached hydrogens (primary N) is 1. The van der Waals surface area contributed by atoms with E-state index >= 15 is 0 Å². The Morgan fingerprint density at radius 2 is 1.80 bits per heavy atom. The Hall–Kier alpha value is -1.02. The minimum absolute atomic E-state index is 0. The van der Waals surface area contributed by atoms with Crippen molar-refractivity contribution < 1.29 is 17.9 Å². The van der Waals surface area contributed by atoms with Crippen molar-refractivity contribution in [2.24, 2.45) is 5.73 Å². The number of methoxy groups -OCH3 is 2. The molecule has 1 fully saturated rings. The summed E-state index contributed by atoms with van der Waals surface area (Å²) in [5.74, 6) is 0.555. The van der Waals surface area contributed by atoms with Crippen molar-refractivity contribution >= 4 is 22.4 Å². The van der Waals surface area contributed by atoms with Gasteiger partial charge < -0.3 is 15.2 Å². The van der Waals surface area contributed by atoms with Gasteiger partial charge in [-0.2, -0.15) is 4.31 Å². The van der Waals surface area contributed by atoms with E-state index in [0.717, 1.165) is 0 Å². The highest BCUT2D eigenvalue weighted by Gasteiger charge is 2.35. The normalized spacial score (nSPS) is 19.4. The molecule has 0 unspecified atom stereocenters. The minimum atomic E-state index is -3.65. The summed E-state index contributed by atoms with van der Waals surface area (Å²) < 4.78 is 37.0. The van der Waals surface area contributed by atoms with Gasteiger partial charge in [-0.3, -0.25) is 0 Å². The molecule has 1 aromatic rings. The maximum absolute atomic E-state index is 12.6. The van der Waals surface area contributed by atoms with E-state index in [9.17, 15) is 8.42 Å². The summed E-state index contributed by atoms with van der Waals surface area (Å²) in [6, 6.07) is 4.78. The molecule has 1 aliphatic heterocycles. The second-order valence-electron chi connectivity index (χ2n) is 4.40. The van der Waals surface area contributed by atoms with E-state index < -0.39 is 10.0 Å². The molecule has 0 saturated carbocycles. The number of benzene rings is 1. The Labute approximate surface area is 125 Å². The summed E-state index contributed by atoms with van der Waals surface area (Å²) in [5, 5.41) is 0. The van der Waals surface area contributed by atoms with Gasteiger partial charge in [-0.05, 0) is 18.6 Å². The molecule has 1 aromatic carbocycles. The summed E-state index contributed by atoms with van der Waals surface area (Å²) in [4.78, 5) is 0.0640. The molecule has 1 heterocycles. The standard InChI is InChI=1S/C12H18N2O4S.ClH/c1-17-10-4-3-5-11(18-2)12(10)19(15,16)14-7-6-9(13)8-14;/h3-5,9H,6-8,13H2,1-2H3;1H/t9-;/m1./s1. The fourth-order valence-corrected chi connectivity index (χ4v) is 3.98. The van der Waals surface area contributed by atoms with Crippen LogP contribution in [0.1, 0.15) is 6.42 Å². The Morgan fingerprint density at radius 3 is 2.20 bits per heavy atom. The lowest BCUT2D eigenvalue weighted by atomic mass is 10.3. The van der Waals surface area contributed by atoms with E-state index in [4.69, 9.17) is 15.2 Å². The first-order chi connectivity index (χ1) is 9.00. The molecule has 114 valence electrons. The van der Waals surface area contributed by atoms with Crippen molar-refractivity contribution in [2.45, 2.75) is 17.4 Å². The van der Waals surface area contributed by atoms with Gasteiger partial charge in [-0.15, -0.1) is 12.4 Å². The van der Waals surface area contributed by atoms with Crippen LogP contribution >= 0.6 is 12.4 Å². The summed E-state index contributed by atoms with van der Waals surface area (Å²) >= 11 is 0. The highest BCUT2D eigenvalue weighted by molar-refractivity contribution is 7.89. The van der Waals surface area contributed by atoms with Crippen molar-refractivity contribution in [3.8, 4) is 11.5 Å². The predicted octanol–water partition coefficient (Wildman–Crippen LogP) is 0.847. The van der Waals surface area contributed by atoms with E-state index in [1.165, 1.54) is 18.5 Å². The van der Waals surface area contributed by atoms with E-state index in [2.05, 4.69) is 0 Å². The van der Waals surface area contributed by atoms with Crippen LogP contribution in [0.3, 0.4) is 0 Å². The number of ether oxygens (including phenoxy) is 2. The third-order valence-electron chi connectivity index (χ3n) is 3.17. The largest absolute Gasteiger partial charge is 0.495 e. The van der Waals surface area contributed by atoms with Gasteiger partial charge in [0.1, 0.15) is 11.5 Å². The summed E-state index contributed by atoms with van der Waals surface area (Å²) in [6.45, 7) is 0.744. The number of halogens is 1. The Bertz CT molecular complexity index is 542. The molecule has 1 atom stereocenters. The van der Waals surface area contributed by atoms with Gasteiger partial charge in [0.15, 0.2) is 4.90 Å². The molecule has 0 amide bonds. The first-order valence-electron chi connectivity index (χ1n) is 5.97. The zero-order valence-corrected chi connectivity index (χ0v) is 13.0. The molecule has 20 heavy (non-hydrogen) atoms. The maximum Gasteiger partial charge on any atom is 0.250 e. The lowest BCUT2D eigenvalue weighted by Gasteiger charge is -2.19. The van der Waals surface area contributed by atoms with Crippen molar-refractivity contribution in [2.75, 3.05) is 27.3 Å². The van der Waals surface area contributed by atoms with Crippen LogP contribution in [-0.2, 0) is 10.0 Å². The molecular weight excluding hydrogens is 304 g/mol. The van der Waals surface area contributed by atoms with Crippen LogP contribution in [0.2, 0.25) is 0 Å². The van der Waals surface area contributed by atoms with Gasteiger partial charge in [0, 0.05) is 19.1 Å². The lowest BCUT2D eigenvalue weighted by Crippen LogP contribution is -2.32. The fraction of sp³-hybridized carbons (Fsp3) is 0.500. The van der Waals surface area contributed by atoms with Crippen LogP contribution in [0.5, 0.6) is 11.5 Å². The van der Waals surface area contributed by atoms with Crippen LogP contribution in [0, 0.1) is 0 Å². The van der Waals surface area contributed by atoms with E-state index in [1.54, 1.807) is 18.2 Å². The van der Waals surface area contributed by atoms with Crippen LogP contribution < -0.4 is 15.2 Å². The molecule has 0 aromatic heterocycles. The van der Waals surface area contributed by atoms with Crippen LogP contribution in [0.4, 0.5) is 0 Å². The number of hydrogen-bond donors (Lipinski definition) is 1. The molecular formula is C12H19ClN2O4S. The highest BCUT2D eigenvalue weighted by atomic mass is 35.5. The SMILES string of the molecule is COc1cccc(OC)c1S(=O)(=O)N1CC[C@@H](N)C1.Cl. The molecule has 0 radical (unpaired) electrons. The molecule has 1 saturated heterocycles. The van der Waals surface area contributed by atoms with Crippen molar-refractivity contribution in [1.82, 2.24) is 4.31 Å². The van der Waals surface area contributed by atoms with Gasteiger partial charge in [0.25, 0.3) is 10.0 Å². The second-order valence-corrected chi connectivity index (χ2v) is 6.28. The van der Waals surface area contributed by atoms with E-state index in [0.29, 0.717) is 19.5 Å². The molecule has 0 spiro atoms. The number of hydrogen-bond acceptors (Lipinski definition) is 5. The number of sulfonamides is 1. The van der Waals surface area contributed by atoms with Crippen LogP contribution in [-0.4, -0.2) is 46.1 Å². The smallest absolute Gasteiger partial charge is 0.250 e. The molecule has 2 N–H and O–H groups in total. The molecule has 6 nitrogen and oxygen atoms in total. The average molecular weight is 323 g/mol. The first-order valence-corrected chi connectivity index (χ1v) is 7.41. The van der Waals surface area contributed by atoms with Gasteiger partial charge in [0.05, 0.1) is 14.2 Å². The van der Waals surface area contributed by atoms with Gasteiger partial charge in [-0.1, -0.05) is 6.07 Å². The van der Waals surface area contributed by atoms with Gasteiger partial charge in [-0.25, -0.2) is 8.42 Å². The summed E-state index contributed by atoms with van der Waals surface area (Å²) in [5.41, 5.74) is 5.77. The Kier molecular flexibility index (Phi) is 5.64. The molecule has 8 heteroatoms. The quantitative estimate of drug-likeness (QED) is 0.888. The summed E-state index contributed by atoms with van der Waals surface area (Å²) in [6.07, 6.45) is 0.663. The van der Waals surface area contributed by atoms with Crippen molar-refractivity contribution in [3.63, 3.8) is 0 Å². The first kappa shape index (κ1) is 17.0. The Morgan fingerprint density at radius 1 is 1.25 bits per heavy atom. The van der Waals surface area contributed by atoms with E-state index in [1.807, 2.05) is 0 Å². The fourth-order valence-electron chi connectivity index (χ4n) is 2.17. The molecule has 0 bridgehead atoms.